The molecule has 0 radical (unpaired) electrons. The Balaban J connectivity index is 2.43. The minimum Gasteiger partial charge on any atom is -0.497 e. The van der Waals surface area contributed by atoms with Gasteiger partial charge in [0.1, 0.15) is 5.75 Å². The van der Waals surface area contributed by atoms with Crippen molar-refractivity contribution in [1.29, 1.82) is 0 Å². The van der Waals surface area contributed by atoms with Gasteiger partial charge in [-0.1, -0.05) is 0 Å². The van der Waals surface area contributed by atoms with Crippen molar-refractivity contribution < 1.29 is 14.4 Å². The summed E-state index contributed by atoms with van der Waals surface area (Å²) in [7, 11) is 1.46. The number of nitrogens with zero attached hydrogens (tertiary/aromatic N) is 2. The number of hydrogen-bond acceptors (Lipinski definition) is 6. The Morgan fingerprint density at radius 3 is 2.70 bits per heavy atom. The van der Waals surface area contributed by atoms with Crippen LogP contribution < -0.4 is 15.2 Å². The molecule has 0 unspecified atom stereocenters. The summed E-state index contributed by atoms with van der Waals surface area (Å²) in [5, 5.41) is 11.0. The van der Waals surface area contributed by atoms with E-state index in [2.05, 4.69) is 4.98 Å². The Bertz CT molecular complexity index is 658. The van der Waals surface area contributed by atoms with E-state index in [0.717, 1.165) is 5.56 Å². The summed E-state index contributed by atoms with van der Waals surface area (Å²) in [6.45, 7) is 1.83. The van der Waals surface area contributed by atoms with Crippen LogP contribution in [0.2, 0.25) is 0 Å². The average molecular weight is 275 g/mol. The predicted octanol–water partition coefficient (Wildman–Crippen LogP) is 2.68. The number of anilines is 1. The van der Waals surface area contributed by atoms with E-state index in [1.54, 1.807) is 12.3 Å². The standard InChI is InChI=1S/C13H13N3O4/c1-8-5-10(14)13(15-7-8)20-12-6-9(19-2)3-4-11(12)16(17)18/h3-7H,14H2,1-2H3. The van der Waals surface area contributed by atoms with Crippen LogP contribution >= 0.6 is 0 Å². The molecule has 2 rings (SSSR count). The van der Waals surface area contributed by atoms with Gasteiger partial charge in [0.2, 0.25) is 11.6 Å². The van der Waals surface area contributed by atoms with E-state index in [4.69, 9.17) is 15.2 Å². The molecule has 2 aromatic rings. The average Bonchev–Trinajstić information content (AvgIpc) is 2.41. The molecule has 0 saturated carbocycles. The Morgan fingerprint density at radius 2 is 2.10 bits per heavy atom. The van der Waals surface area contributed by atoms with Crippen molar-refractivity contribution in [2.24, 2.45) is 0 Å². The molecule has 0 bridgehead atoms. The minimum absolute atomic E-state index is 0.0254. The Labute approximate surface area is 115 Å². The summed E-state index contributed by atoms with van der Waals surface area (Å²) in [5.74, 6) is 0.584. The number of nitro groups is 1. The van der Waals surface area contributed by atoms with Crippen LogP contribution in [0.1, 0.15) is 5.56 Å². The summed E-state index contributed by atoms with van der Waals surface area (Å²) >= 11 is 0. The lowest BCUT2D eigenvalue weighted by Crippen LogP contribution is -1.99. The summed E-state index contributed by atoms with van der Waals surface area (Å²) in [6, 6.07) is 5.88. The van der Waals surface area contributed by atoms with Crippen molar-refractivity contribution in [1.82, 2.24) is 4.98 Å². The Hall–Kier alpha value is -2.83. The SMILES string of the molecule is COc1ccc([N+](=O)[O-])c(Oc2ncc(C)cc2N)c1. The molecular weight excluding hydrogens is 262 g/mol. The van der Waals surface area contributed by atoms with Gasteiger partial charge in [-0.05, 0) is 24.6 Å². The monoisotopic (exact) mass is 275 g/mol. The van der Waals surface area contributed by atoms with Crippen molar-refractivity contribution in [3.63, 3.8) is 0 Å². The van der Waals surface area contributed by atoms with Crippen LogP contribution in [0.15, 0.2) is 30.5 Å². The van der Waals surface area contributed by atoms with E-state index >= 15 is 0 Å². The van der Waals surface area contributed by atoms with Crippen LogP contribution in [0.4, 0.5) is 11.4 Å². The van der Waals surface area contributed by atoms with Gasteiger partial charge in [0.25, 0.3) is 0 Å². The first-order chi connectivity index (χ1) is 9.51. The van der Waals surface area contributed by atoms with E-state index in [1.807, 2.05) is 6.92 Å². The van der Waals surface area contributed by atoms with Gasteiger partial charge in [-0.2, -0.15) is 0 Å². The van der Waals surface area contributed by atoms with Gasteiger partial charge in [-0.3, -0.25) is 10.1 Å². The second-order valence-electron chi connectivity index (χ2n) is 4.10. The number of ether oxygens (including phenoxy) is 2. The van der Waals surface area contributed by atoms with Crippen LogP contribution in [-0.2, 0) is 0 Å². The first kappa shape index (κ1) is 13.6. The lowest BCUT2D eigenvalue weighted by atomic mass is 10.2. The topological polar surface area (TPSA) is 101 Å². The molecular formula is C13H13N3O4. The third-order valence-corrected chi connectivity index (χ3v) is 2.59. The number of methoxy groups -OCH3 is 1. The van der Waals surface area contributed by atoms with Gasteiger partial charge in [0.05, 0.1) is 17.7 Å². The molecule has 0 aliphatic heterocycles. The first-order valence-electron chi connectivity index (χ1n) is 5.73. The summed E-state index contributed by atoms with van der Waals surface area (Å²) in [5.41, 5.74) is 6.77. The van der Waals surface area contributed by atoms with E-state index in [-0.39, 0.29) is 17.3 Å². The number of aryl methyl sites for hydroxylation is 1. The highest BCUT2D eigenvalue weighted by molar-refractivity contribution is 5.56. The molecule has 104 valence electrons. The second kappa shape index (κ2) is 5.43. The number of aromatic nitrogens is 1. The van der Waals surface area contributed by atoms with Crippen molar-refractivity contribution in [3.8, 4) is 17.4 Å². The molecule has 1 aromatic carbocycles. The van der Waals surface area contributed by atoms with Gasteiger partial charge < -0.3 is 15.2 Å². The predicted molar refractivity (Wildman–Crippen MR) is 73.1 cm³/mol. The van der Waals surface area contributed by atoms with E-state index in [9.17, 15) is 10.1 Å². The molecule has 0 fully saturated rings. The van der Waals surface area contributed by atoms with E-state index in [1.165, 1.54) is 25.3 Å². The Kier molecular flexibility index (Phi) is 3.69. The maximum atomic E-state index is 11.0. The molecule has 0 spiro atoms. The fourth-order valence-electron chi connectivity index (χ4n) is 1.62. The van der Waals surface area contributed by atoms with Crippen molar-refractivity contribution >= 4 is 11.4 Å². The normalized spacial score (nSPS) is 10.1. The zero-order valence-electron chi connectivity index (χ0n) is 11.0. The Morgan fingerprint density at radius 1 is 1.35 bits per heavy atom. The molecule has 0 saturated heterocycles. The highest BCUT2D eigenvalue weighted by Crippen LogP contribution is 2.35. The molecule has 20 heavy (non-hydrogen) atoms. The van der Waals surface area contributed by atoms with Gasteiger partial charge in [-0.15, -0.1) is 0 Å². The quantitative estimate of drug-likeness (QED) is 0.680. The number of benzene rings is 1. The van der Waals surface area contributed by atoms with E-state index in [0.29, 0.717) is 11.4 Å². The fourth-order valence-corrected chi connectivity index (χ4v) is 1.62. The number of pyridine rings is 1. The minimum atomic E-state index is -0.543. The lowest BCUT2D eigenvalue weighted by molar-refractivity contribution is -0.385. The van der Waals surface area contributed by atoms with Crippen LogP contribution in [-0.4, -0.2) is 17.0 Å². The maximum Gasteiger partial charge on any atom is 0.311 e. The molecule has 0 aliphatic carbocycles. The van der Waals surface area contributed by atoms with Crippen molar-refractivity contribution in [3.05, 3.63) is 46.1 Å². The highest BCUT2D eigenvalue weighted by Gasteiger charge is 2.18. The van der Waals surface area contributed by atoms with Crippen LogP contribution in [0, 0.1) is 17.0 Å². The van der Waals surface area contributed by atoms with Gasteiger partial charge >= 0.3 is 5.69 Å². The maximum absolute atomic E-state index is 11.0. The molecule has 1 aromatic heterocycles. The van der Waals surface area contributed by atoms with Crippen LogP contribution in [0.3, 0.4) is 0 Å². The van der Waals surface area contributed by atoms with Crippen molar-refractivity contribution in [2.45, 2.75) is 6.92 Å². The van der Waals surface area contributed by atoms with Crippen LogP contribution in [0.5, 0.6) is 17.4 Å². The van der Waals surface area contributed by atoms with Crippen molar-refractivity contribution in [2.75, 3.05) is 12.8 Å². The molecule has 7 nitrogen and oxygen atoms in total. The van der Waals surface area contributed by atoms with Crippen LogP contribution in [0.25, 0.3) is 0 Å². The first-order valence-corrected chi connectivity index (χ1v) is 5.73. The summed E-state index contributed by atoms with van der Waals surface area (Å²) < 4.78 is 10.5. The second-order valence-corrected chi connectivity index (χ2v) is 4.10. The largest absolute Gasteiger partial charge is 0.497 e. The summed E-state index contributed by atoms with van der Waals surface area (Å²) in [4.78, 5) is 14.5. The van der Waals surface area contributed by atoms with Gasteiger partial charge in [-0.25, -0.2) is 4.98 Å². The third-order valence-electron chi connectivity index (χ3n) is 2.59. The molecule has 0 amide bonds. The number of rotatable bonds is 4. The molecule has 2 N–H and O–H groups in total. The third kappa shape index (κ3) is 2.77. The molecule has 0 atom stereocenters. The molecule has 0 aliphatic rings. The number of nitrogens with two attached hydrogens (primary N) is 1. The lowest BCUT2D eigenvalue weighted by Gasteiger charge is -2.09. The zero-order valence-corrected chi connectivity index (χ0v) is 11.0. The fraction of sp³-hybridized carbons (Fsp3) is 0.154. The zero-order chi connectivity index (χ0) is 14.7. The number of hydrogen-bond donors (Lipinski definition) is 1. The number of nitrogen functional groups attached to an aromatic ring is 1. The number of nitro benzene ring substituents is 1. The van der Waals surface area contributed by atoms with Gasteiger partial charge in [0.15, 0.2) is 0 Å². The molecule has 1 heterocycles. The smallest absolute Gasteiger partial charge is 0.311 e. The molecule has 7 heteroatoms. The van der Waals surface area contributed by atoms with E-state index < -0.39 is 4.92 Å². The van der Waals surface area contributed by atoms with Gasteiger partial charge in [0, 0.05) is 18.3 Å². The highest BCUT2D eigenvalue weighted by atomic mass is 16.6. The summed E-state index contributed by atoms with van der Waals surface area (Å²) in [6.07, 6.45) is 1.57.